The summed E-state index contributed by atoms with van der Waals surface area (Å²) >= 11 is 0. The fourth-order valence-corrected chi connectivity index (χ4v) is 1.92. The van der Waals surface area contributed by atoms with E-state index in [0.29, 0.717) is 6.10 Å². The third kappa shape index (κ3) is 1.73. The van der Waals surface area contributed by atoms with E-state index >= 15 is 0 Å². The van der Waals surface area contributed by atoms with E-state index in [1.807, 2.05) is 12.3 Å². The summed E-state index contributed by atoms with van der Waals surface area (Å²) in [4.78, 5) is 6.69. The van der Waals surface area contributed by atoms with Gasteiger partial charge in [0.1, 0.15) is 5.82 Å². The maximum Gasteiger partial charge on any atom is 0.131 e. The highest BCUT2D eigenvalue weighted by atomic mass is 16.5. The minimum atomic E-state index is 0.372. The maximum atomic E-state index is 5.33. The molecular weight excluding hydrogens is 176 g/mol. The second-order valence-corrected chi connectivity index (χ2v) is 3.74. The van der Waals surface area contributed by atoms with Crippen LogP contribution in [0.25, 0.3) is 0 Å². The molecule has 2 rings (SSSR count). The van der Waals surface area contributed by atoms with Crippen LogP contribution in [-0.2, 0) is 4.74 Å². The van der Waals surface area contributed by atoms with Crippen molar-refractivity contribution in [1.82, 2.24) is 4.98 Å². The second-order valence-electron chi connectivity index (χ2n) is 3.74. The average Bonchev–Trinajstić information content (AvgIpc) is 2.67. The number of pyridine rings is 1. The van der Waals surface area contributed by atoms with Crippen LogP contribution >= 0.6 is 0 Å². The van der Waals surface area contributed by atoms with E-state index in [1.54, 1.807) is 7.11 Å². The summed E-state index contributed by atoms with van der Waals surface area (Å²) in [6.45, 7) is 4.12. The first kappa shape index (κ1) is 9.46. The molecule has 0 bridgehead atoms. The summed E-state index contributed by atoms with van der Waals surface area (Å²) in [7, 11) is 1.78. The molecule has 1 aliphatic heterocycles. The molecule has 0 saturated carbocycles. The summed E-state index contributed by atoms with van der Waals surface area (Å²) in [5, 5.41) is 0. The Morgan fingerprint density at radius 2 is 2.43 bits per heavy atom. The van der Waals surface area contributed by atoms with Crippen molar-refractivity contribution in [3.63, 3.8) is 0 Å². The predicted octanol–water partition coefficient (Wildman–Crippen LogP) is 1.62. The van der Waals surface area contributed by atoms with Gasteiger partial charge in [-0.05, 0) is 25.0 Å². The second kappa shape index (κ2) is 3.96. The van der Waals surface area contributed by atoms with Crippen LogP contribution in [0, 0.1) is 6.92 Å². The lowest BCUT2D eigenvalue weighted by atomic mass is 10.3. The van der Waals surface area contributed by atoms with Crippen molar-refractivity contribution in [2.24, 2.45) is 0 Å². The zero-order valence-electron chi connectivity index (χ0n) is 8.73. The molecule has 0 unspecified atom stereocenters. The molecule has 2 heterocycles. The quantitative estimate of drug-likeness (QED) is 0.712. The molecule has 14 heavy (non-hydrogen) atoms. The van der Waals surface area contributed by atoms with Gasteiger partial charge < -0.3 is 9.64 Å². The van der Waals surface area contributed by atoms with E-state index in [-0.39, 0.29) is 0 Å². The van der Waals surface area contributed by atoms with Gasteiger partial charge in [0.15, 0.2) is 0 Å². The largest absolute Gasteiger partial charge is 0.380 e. The lowest BCUT2D eigenvalue weighted by Gasteiger charge is -2.18. The lowest BCUT2D eigenvalue weighted by Crippen LogP contribution is -2.23. The summed E-state index contributed by atoms with van der Waals surface area (Å²) in [6.07, 6.45) is 3.33. The number of hydrogen-bond acceptors (Lipinski definition) is 3. The van der Waals surface area contributed by atoms with Gasteiger partial charge >= 0.3 is 0 Å². The highest BCUT2D eigenvalue weighted by Gasteiger charge is 2.23. The molecule has 0 aliphatic carbocycles. The van der Waals surface area contributed by atoms with Crippen molar-refractivity contribution in [3.8, 4) is 0 Å². The Kier molecular flexibility index (Phi) is 2.68. The molecule has 0 amide bonds. The van der Waals surface area contributed by atoms with Crippen LogP contribution in [0.3, 0.4) is 0 Å². The lowest BCUT2D eigenvalue weighted by molar-refractivity contribution is 0.121. The van der Waals surface area contributed by atoms with Gasteiger partial charge in [0.2, 0.25) is 0 Å². The topological polar surface area (TPSA) is 25.4 Å². The molecule has 1 saturated heterocycles. The van der Waals surface area contributed by atoms with Crippen molar-refractivity contribution in [2.75, 3.05) is 25.1 Å². The van der Waals surface area contributed by atoms with E-state index < -0.39 is 0 Å². The van der Waals surface area contributed by atoms with Crippen LogP contribution in [0.2, 0.25) is 0 Å². The van der Waals surface area contributed by atoms with Gasteiger partial charge in [-0.3, -0.25) is 0 Å². The van der Waals surface area contributed by atoms with E-state index in [4.69, 9.17) is 4.74 Å². The summed E-state index contributed by atoms with van der Waals surface area (Å²) in [6, 6.07) is 4.07. The SMILES string of the molecule is CO[C@H]1CCN(c2ncccc2C)C1. The summed E-state index contributed by atoms with van der Waals surface area (Å²) in [5.74, 6) is 1.10. The van der Waals surface area contributed by atoms with E-state index in [1.165, 1.54) is 5.56 Å². The van der Waals surface area contributed by atoms with Gasteiger partial charge in [-0.15, -0.1) is 0 Å². The zero-order chi connectivity index (χ0) is 9.97. The molecule has 1 aromatic rings. The fourth-order valence-electron chi connectivity index (χ4n) is 1.92. The van der Waals surface area contributed by atoms with E-state index in [2.05, 4.69) is 22.9 Å². The molecule has 1 aromatic heterocycles. The van der Waals surface area contributed by atoms with Crippen LogP contribution in [0.4, 0.5) is 5.82 Å². The number of ether oxygens (including phenoxy) is 1. The van der Waals surface area contributed by atoms with Gasteiger partial charge in [0.25, 0.3) is 0 Å². The number of aromatic nitrogens is 1. The van der Waals surface area contributed by atoms with E-state index in [0.717, 1.165) is 25.3 Å². The average molecular weight is 192 g/mol. The maximum absolute atomic E-state index is 5.33. The normalized spacial score (nSPS) is 21.6. The van der Waals surface area contributed by atoms with Gasteiger partial charge in [0, 0.05) is 26.4 Å². The molecule has 1 atom stereocenters. The molecule has 3 nitrogen and oxygen atoms in total. The molecule has 1 aliphatic rings. The predicted molar refractivity (Wildman–Crippen MR) is 56.6 cm³/mol. The Bertz CT molecular complexity index is 314. The molecule has 0 N–H and O–H groups in total. The molecule has 1 fully saturated rings. The van der Waals surface area contributed by atoms with Crippen molar-refractivity contribution >= 4 is 5.82 Å². The standard InChI is InChI=1S/C11H16N2O/c1-9-4-3-6-12-11(9)13-7-5-10(8-13)14-2/h3-4,6,10H,5,7-8H2,1-2H3/t10-/m0/s1. The Morgan fingerprint density at radius 3 is 3.07 bits per heavy atom. The highest BCUT2D eigenvalue weighted by molar-refractivity contribution is 5.46. The number of nitrogens with zero attached hydrogens (tertiary/aromatic N) is 2. The Balaban J connectivity index is 2.13. The number of aryl methyl sites for hydroxylation is 1. The monoisotopic (exact) mass is 192 g/mol. The molecular formula is C11H16N2O. The van der Waals surface area contributed by atoms with Gasteiger partial charge in [-0.2, -0.15) is 0 Å². The van der Waals surface area contributed by atoms with Crippen LogP contribution in [0.15, 0.2) is 18.3 Å². The van der Waals surface area contributed by atoms with Gasteiger partial charge in [-0.1, -0.05) is 6.07 Å². The van der Waals surface area contributed by atoms with Crippen molar-refractivity contribution in [3.05, 3.63) is 23.9 Å². The first-order chi connectivity index (χ1) is 6.81. The van der Waals surface area contributed by atoms with Crippen molar-refractivity contribution < 1.29 is 4.74 Å². The summed E-state index contributed by atoms with van der Waals surface area (Å²) in [5.41, 5.74) is 1.24. The van der Waals surface area contributed by atoms with Crippen LogP contribution < -0.4 is 4.90 Å². The number of hydrogen-bond donors (Lipinski definition) is 0. The number of rotatable bonds is 2. The molecule has 0 aromatic carbocycles. The van der Waals surface area contributed by atoms with Crippen LogP contribution in [-0.4, -0.2) is 31.3 Å². The Morgan fingerprint density at radius 1 is 1.57 bits per heavy atom. The van der Waals surface area contributed by atoms with Crippen LogP contribution in [0.5, 0.6) is 0 Å². The Labute approximate surface area is 84.7 Å². The van der Waals surface area contributed by atoms with Crippen molar-refractivity contribution in [2.45, 2.75) is 19.4 Å². The third-order valence-corrected chi connectivity index (χ3v) is 2.76. The van der Waals surface area contributed by atoms with Crippen LogP contribution in [0.1, 0.15) is 12.0 Å². The minimum Gasteiger partial charge on any atom is -0.380 e. The van der Waals surface area contributed by atoms with Gasteiger partial charge in [0.05, 0.1) is 6.10 Å². The first-order valence-corrected chi connectivity index (χ1v) is 5.00. The molecule has 3 heteroatoms. The van der Waals surface area contributed by atoms with Crippen molar-refractivity contribution in [1.29, 1.82) is 0 Å². The molecule has 0 spiro atoms. The fraction of sp³-hybridized carbons (Fsp3) is 0.545. The third-order valence-electron chi connectivity index (χ3n) is 2.76. The number of anilines is 1. The van der Waals surface area contributed by atoms with Gasteiger partial charge in [-0.25, -0.2) is 4.98 Å². The minimum absolute atomic E-state index is 0.372. The zero-order valence-corrected chi connectivity index (χ0v) is 8.73. The smallest absolute Gasteiger partial charge is 0.131 e. The Hall–Kier alpha value is -1.09. The highest BCUT2D eigenvalue weighted by Crippen LogP contribution is 2.22. The molecule has 76 valence electrons. The summed E-state index contributed by atoms with van der Waals surface area (Å²) < 4.78 is 5.33. The first-order valence-electron chi connectivity index (χ1n) is 5.00. The van der Waals surface area contributed by atoms with E-state index in [9.17, 15) is 0 Å². The number of methoxy groups -OCH3 is 1. The molecule has 0 radical (unpaired) electrons.